The second-order valence-electron chi connectivity index (χ2n) is 5.95. The van der Waals surface area contributed by atoms with E-state index in [1.54, 1.807) is 24.4 Å². The lowest BCUT2D eigenvalue weighted by Crippen LogP contribution is -1.95. The number of hydrogen-bond donors (Lipinski definition) is 1. The fraction of sp³-hybridized carbons (Fsp3) is 0.0455. The van der Waals surface area contributed by atoms with Crippen LogP contribution in [0.3, 0.4) is 0 Å². The Hall–Kier alpha value is -3.73. The molecule has 3 aromatic carbocycles. The smallest absolute Gasteiger partial charge is 0.216 e. The maximum absolute atomic E-state index is 10.2. The normalized spacial score (nSPS) is 11.1. The number of phenolic OH excluding ortho intramolecular Hbond substituents is 1. The maximum atomic E-state index is 10.2. The highest BCUT2D eigenvalue weighted by atomic mass is 16.5. The van der Waals surface area contributed by atoms with Gasteiger partial charge in [0.05, 0.1) is 0 Å². The molecule has 132 valence electrons. The van der Waals surface area contributed by atoms with E-state index >= 15 is 0 Å². The van der Waals surface area contributed by atoms with Crippen LogP contribution in [0, 0.1) is 0 Å². The fourth-order valence-corrected chi connectivity index (χ4v) is 2.75. The third kappa shape index (κ3) is 3.77. The van der Waals surface area contributed by atoms with Crippen LogP contribution >= 0.6 is 0 Å². The van der Waals surface area contributed by atoms with Crippen LogP contribution in [0.1, 0.15) is 5.56 Å². The topological polar surface area (TPSA) is 67.1 Å². The van der Waals surface area contributed by atoms with Crippen LogP contribution in [-0.2, 0) is 6.61 Å². The van der Waals surface area contributed by atoms with Crippen molar-refractivity contribution in [1.29, 1.82) is 0 Å². The molecule has 4 aromatic rings. The first-order valence-corrected chi connectivity index (χ1v) is 8.55. The van der Waals surface area contributed by atoms with E-state index in [1.807, 2.05) is 60.7 Å². The summed E-state index contributed by atoms with van der Waals surface area (Å²) in [5.74, 6) is 0.964. The summed E-state index contributed by atoms with van der Waals surface area (Å²) >= 11 is 0. The number of aromatic nitrogens is 1. The molecule has 1 N–H and O–H groups in total. The van der Waals surface area contributed by atoms with Crippen molar-refractivity contribution in [3.05, 3.63) is 90.6 Å². The maximum Gasteiger partial charge on any atom is 0.216 e. The van der Waals surface area contributed by atoms with Gasteiger partial charge in [0.1, 0.15) is 18.0 Å². The molecule has 0 aliphatic rings. The number of aromatic hydroxyl groups is 1. The zero-order valence-corrected chi connectivity index (χ0v) is 14.5. The molecule has 0 atom stereocenters. The minimum absolute atomic E-state index is 0.0696. The van der Waals surface area contributed by atoms with Crippen LogP contribution in [-0.4, -0.2) is 10.1 Å². The van der Waals surface area contributed by atoms with Gasteiger partial charge in [0.25, 0.3) is 0 Å². The number of phenols is 1. The van der Waals surface area contributed by atoms with Gasteiger partial charge in [-0.05, 0) is 29.1 Å². The first kappa shape index (κ1) is 16.7. The molecule has 27 heavy (non-hydrogen) atoms. The predicted octanol–water partition coefficient (Wildman–Crippen LogP) is 5.93. The second-order valence-corrected chi connectivity index (χ2v) is 5.95. The van der Waals surface area contributed by atoms with Crippen molar-refractivity contribution in [2.75, 3.05) is 0 Å². The van der Waals surface area contributed by atoms with Crippen molar-refractivity contribution in [3.63, 3.8) is 0 Å². The van der Waals surface area contributed by atoms with Crippen molar-refractivity contribution < 1.29 is 9.84 Å². The summed E-state index contributed by atoms with van der Waals surface area (Å²) in [6.45, 7) is 0.411. The van der Waals surface area contributed by atoms with Crippen LogP contribution < -0.4 is 4.74 Å². The number of hydrogen-bond acceptors (Lipinski definition) is 5. The van der Waals surface area contributed by atoms with E-state index < -0.39 is 0 Å². The summed E-state index contributed by atoms with van der Waals surface area (Å²) in [6.07, 6.45) is 1.63. The van der Waals surface area contributed by atoms with E-state index in [9.17, 15) is 5.11 Å². The molecule has 5 nitrogen and oxygen atoms in total. The van der Waals surface area contributed by atoms with Gasteiger partial charge >= 0.3 is 0 Å². The van der Waals surface area contributed by atoms with Gasteiger partial charge in [-0.15, -0.1) is 10.2 Å². The Balaban J connectivity index is 1.63. The molecule has 0 aliphatic carbocycles. The van der Waals surface area contributed by atoms with Crippen molar-refractivity contribution >= 4 is 22.3 Å². The molecule has 5 heteroatoms. The largest absolute Gasteiger partial charge is 0.506 e. The Kier molecular flexibility index (Phi) is 4.74. The number of nitrogens with zero attached hydrogens (tertiary/aromatic N) is 3. The van der Waals surface area contributed by atoms with Gasteiger partial charge in [0, 0.05) is 11.6 Å². The van der Waals surface area contributed by atoms with E-state index in [0.29, 0.717) is 23.9 Å². The van der Waals surface area contributed by atoms with Crippen molar-refractivity contribution in [2.45, 2.75) is 6.61 Å². The molecule has 4 rings (SSSR count). The molecule has 0 spiro atoms. The number of benzene rings is 3. The van der Waals surface area contributed by atoms with Crippen LogP contribution in [0.5, 0.6) is 11.5 Å². The third-order valence-electron chi connectivity index (χ3n) is 4.11. The van der Waals surface area contributed by atoms with Crippen molar-refractivity contribution in [1.82, 2.24) is 4.98 Å². The van der Waals surface area contributed by atoms with Crippen LogP contribution in [0.2, 0.25) is 0 Å². The summed E-state index contributed by atoms with van der Waals surface area (Å²) in [4.78, 5) is 4.25. The number of azo groups is 1. The lowest BCUT2D eigenvalue weighted by Gasteiger charge is -2.08. The zero-order chi connectivity index (χ0) is 18.5. The molecule has 0 radical (unpaired) electrons. The molecule has 0 amide bonds. The third-order valence-corrected chi connectivity index (χ3v) is 4.11. The van der Waals surface area contributed by atoms with E-state index in [1.165, 1.54) is 0 Å². The number of ether oxygens (including phenoxy) is 1. The van der Waals surface area contributed by atoms with Gasteiger partial charge in [-0.2, -0.15) is 0 Å². The fourth-order valence-electron chi connectivity index (χ4n) is 2.75. The Morgan fingerprint density at radius 2 is 1.63 bits per heavy atom. The summed E-state index contributed by atoms with van der Waals surface area (Å²) in [7, 11) is 0. The van der Waals surface area contributed by atoms with Gasteiger partial charge in [-0.1, -0.05) is 60.7 Å². The summed E-state index contributed by atoms with van der Waals surface area (Å²) < 4.78 is 5.85. The predicted molar refractivity (Wildman–Crippen MR) is 105 cm³/mol. The zero-order valence-electron chi connectivity index (χ0n) is 14.5. The highest BCUT2D eigenvalue weighted by Crippen LogP contribution is 2.36. The van der Waals surface area contributed by atoms with E-state index in [-0.39, 0.29) is 5.75 Å². The molecule has 0 saturated heterocycles. The Bertz CT molecular complexity index is 1090. The second kappa shape index (κ2) is 7.66. The molecule has 1 aromatic heterocycles. The minimum atomic E-state index is 0.0696. The Morgan fingerprint density at radius 3 is 2.52 bits per heavy atom. The van der Waals surface area contributed by atoms with Gasteiger partial charge in [0.2, 0.25) is 5.82 Å². The summed E-state index contributed by atoms with van der Waals surface area (Å²) in [5.41, 5.74) is 1.46. The number of fused-ring (bicyclic) bond motifs is 1. The quantitative estimate of drug-likeness (QED) is 0.451. The van der Waals surface area contributed by atoms with Gasteiger partial charge < -0.3 is 9.84 Å². The SMILES string of the molecule is Oc1ccc2ccccc2c1N=Nc1ncccc1OCc1ccccc1. The van der Waals surface area contributed by atoms with Gasteiger partial charge in [-0.25, -0.2) is 4.98 Å². The average Bonchev–Trinajstić information content (AvgIpc) is 2.73. The van der Waals surface area contributed by atoms with E-state index in [2.05, 4.69) is 15.2 Å². The van der Waals surface area contributed by atoms with Crippen LogP contribution in [0.15, 0.2) is 95.3 Å². The van der Waals surface area contributed by atoms with Crippen LogP contribution in [0.4, 0.5) is 11.5 Å². The van der Waals surface area contributed by atoms with Crippen LogP contribution in [0.25, 0.3) is 10.8 Å². The number of rotatable bonds is 5. The molecular formula is C22H17N3O2. The Labute approximate surface area is 156 Å². The minimum Gasteiger partial charge on any atom is -0.506 e. The molecule has 0 bridgehead atoms. The standard InChI is InChI=1S/C22H17N3O2/c26-19-13-12-17-9-4-5-10-18(17)21(19)24-25-22-20(11-6-14-23-22)27-15-16-7-2-1-3-8-16/h1-14,26H,15H2. The molecule has 0 fully saturated rings. The average molecular weight is 355 g/mol. The molecule has 0 saturated carbocycles. The monoisotopic (exact) mass is 355 g/mol. The van der Waals surface area contributed by atoms with E-state index in [4.69, 9.17) is 4.74 Å². The van der Waals surface area contributed by atoms with Gasteiger partial charge in [0.15, 0.2) is 5.75 Å². The first-order chi connectivity index (χ1) is 13.3. The van der Waals surface area contributed by atoms with Crippen molar-refractivity contribution in [2.24, 2.45) is 10.2 Å². The van der Waals surface area contributed by atoms with Gasteiger partial charge in [-0.3, -0.25) is 0 Å². The summed E-state index contributed by atoms with van der Waals surface area (Å²) in [6, 6.07) is 24.6. The molecule has 0 aliphatic heterocycles. The van der Waals surface area contributed by atoms with E-state index in [0.717, 1.165) is 16.3 Å². The highest BCUT2D eigenvalue weighted by molar-refractivity contribution is 5.95. The first-order valence-electron chi connectivity index (χ1n) is 8.55. The lowest BCUT2D eigenvalue weighted by atomic mass is 10.1. The van der Waals surface area contributed by atoms with Crippen molar-refractivity contribution in [3.8, 4) is 11.5 Å². The lowest BCUT2D eigenvalue weighted by molar-refractivity contribution is 0.306. The molecule has 1 heterocycles. The molecule has 0 unspecified atom stereocenters. The highest BCUT2D eigenvalue weighted by Gasteiger charge is 2.08. The summed E-state index contributed by atoms with van der Waals surface area (Å²) in [5, 5.41) is 20.5. The number of pyridine rings is 1. The Morgan fingerprint density at radius 1 is 0.815 bits per heavy atom. The molecular weight excluding hydrogens is 338 g/mol.